The Morgan fingerprint density at radius 1 is 1.28 bits per heavy atom. The molecule has 132 valence electrons. The summed E-state index contributed by atoms with van der Waals surface area (Å²) in [7, 11) is 0. The summed E-state index contributed by atoms with van der Waals surface area (Å²) in [6, 6.07) is 5.02. The highest BCUT2D eigenvalue weighted by atomic mass is 16.2. The third kappa shape index (κ3) is 3.34. The first-order valence-electron chi connectivity index (χ1n) is 8.73. The molecule has 1 aromatic carbocycles. The highest BCUT2D eigenvalue weighted by Gasteiger charge is 2.30. The maximum atomic E-state index is 13.2. The second-order valence-corrected chi connectivity index (χ2v) is 7.04. The van der Waals surface area contributed by atoms with Crippen LogP contribution in [0.3, 0.4) is 0 Å². The Bertz CT molecular complexity index is 899. The predicted molar refractivity (Wildman–Crippen MR) is 95.3 cm³/mol. The molecule has 1 aliphatic heterocycles. The van der Waals surface area contributed by atoms with Crippen LogP contribution in [0.2, 0.25) is 0 Å². The van der Waals surface area contributed by atoms with Crippen LogP contribution in [0.15, 0.2) is 23.0 Å². The van der Waals surface area contributed by atoms with Crippen LogP contribution in [0.5, 0.6) is 0 Å². The molecule has 6 heteroatoms. The number of aromatic nitrogens is 2. The predicted octanol–water partition coefficient (Wildman–Crippen LogP) is 2.27. The Morgan fingerprint density at radius 2 is 2.04 bits per heavy atom. The van der Waals surface area contributed by atoms with E-state index in [0.717, 1.165) is 18.4 Å². The number of amides is 2. The van der Waals surface area contributed by atoms with E-state index in [1.165, 1.54) is 4.57 Å². The minimum absolute atomic E-state index is 0.198. The molecule has 1 aromatic heterocycles. The number of piperidine rings is 1. The van der Waals surface area contributed by atoms with E-state index in [1.807, 2.05) is 18.2 Å². The van der Waals surface area contributed by atoms with Gasteiger partial charge in [-0.1, -0.05) is 26.0 Å². The molecule has 25 heavy (non-hydrogen) atoms. The van der Waals surface area contributed by atoms with Gasteiger partial charge in [-0.3, -0.25) is 24.3 Å². The van der Waals surface area contributed by atoms with E-state index in [4.69, 9.17) is 0 Å². The Hall–Kier alpha value is -2.50. The molecule has 3 rings (SSSR count). The van der Waals surface area contributed by atoms with E-state index in [2.05, 4.69) is 24.1 Å². The number of aryl methyl sites for hydroxylation is 2. The van der Waals surface area contributed by atoms with Crippen molar-refractivity contribution in [1.82, 2.24) is 14.9 Å². The molecule has 1 unspecified atom stereocenters. The van der Waals surface area contributed by atoms with Crippen molar-refractivity contribution in [3.05, 3.63) is 39.9 Å². The van der Waals surface area contributed by atoms with E-state index in [1.54, 1.807) is 6.92 Å². The number of hydrogen-bond donors (Lipinski definition) is 1. The van der Waals surface area contributed by atoms with Gasteiger partial charge in [0.25, 0.3) is 5.56 Å². The number of hydrogen-bond acceptors (Lipinski definition) is 4. The maximum absolute atomic E-state index is 13.2. The fourth-order valence-corrected chi connectivity index (χ4v) is 3.37. The molecule has 0 bridgehead atoms. The number of imide groups is 1. The molecule has 1 aliphatic rings. The van der Waals surface area contributed by atoms with Gasteiger partial charge < -0.3 is 0 Å². The SMILES string of the molecule is Cc1nc2cccc(CCC(C)C)c2c(=O)n1C1CCC(=O)NC1=O. The number of nitrogens with one attached hydrogen (secondary N) is 1. The minimum Gasteiger partial charge on any atom is -0.295 e. The lowest BCUT2D eigenvalue weighted by Crippen LogP contribution is -2.45. The third-order valence-corrected chi connectivity index (χ3v) is 4.71. The lowest BCUT2D eigenvalue weighted by Gasteiger charge is -2.24. The van der Waals surface area contributed by atoms with Gasteiger partial charge in [-0.15, -0.1) is 0 Å². The van der Waals surface area contributed by atoms with Gasteiger partial charge >= 0.3 is 0 Å². The highest BCUT2D eigenvalue weighted by Crippen LogP contribution is 2.22. The van der Waals surface area contributed by atoms with Crippen LogP contribution in [-0.4, -0.2) is 21.4 Å². The summed E-state index contributed by atoms with van der Waals surface area (Å²) in [5, 5.41) is 2.90. The molecule has 2 aromatic rings. The van der Waals surface area contributed by atoms with Gasteiger partial charge in [0.15, 0.2) is 0 Å². The fourth-order valence-electron chi connectivity index (χ4n) is 3.37. The number of rotatable bonds is 4. The standard InChI is InChI=1S/C19H23N3O3/c1-11(2)7-8-13-5-4-6-14-17(13)19(25)22(12(3)20-14)15-9-10-16(23)21-18(15)24/h4-6,11,15H,7-10H2,1-3H3,(H,21,23,24). The topological polar surface area (TPSA) is 81.1 Å². The molecule has 0 spiro atoms. The van der Waals surface area contributed by atoms with Crippen LogP contribution >= 0.6 is 0 Å². The van der Waals surface area contributed by atoms with Crippen molar-refractivity contribution < 1.29 is 9.59 Å². The molecular weight excluding hydrogens is 318 g/mol. The van der Waals surface area contributed by atoms with E-state index in [-0.39, 0.29) is 17.9 Å². The van der Waals surface area contributed by atoms with E-state index >= 15 is 0 Å². The molecule has 0 saturated carbocycles. The first-order chi connectivity index (χ1) is 11.9. The first-order valence-corrected chi connectivity index (χ1v) is 8.73. The molecule has 6 nitrogen and oxygen atoms in total. The van der Waals surface area contributed by atoms with E-state index in [9.17, 15) is 14.4 Å². The highest BCUT2D eigenvalue weighted by molar-refractivity contribution is 5.99. The monoisotopic (exact) mass is 341 g/mol. The van der Waals surface area contributed by atoms with Crippen LogP contribution in [-0.2, 0) is 16.0 Å². The lowest BCUT2D eigenvalue weighted by atomic mass is 9.99. The Kier molecular flexibility index (Phi) is 4.70. The summed E-state index contributed by atoms with van der Waals surface area (Å²) in [5.41, 5.74) is 1.42. The summed E-state index contributed by atoms with van der Waals surface area (Å²) in [6.07, 6.45) is 2.33. The number of benzene rings is 1. The summed E-state index contributed by atoms with van der Waals surface area (Å²) in [4.78, 5) is 41.4. The smallest absolute Gasteiger partial charge is 0.262 e. The summed E-state index contributed by atoms with van der Waals surface area (Å²) in [5.74, 6) is 0.305. The second kappa shape index (κ2) is 6.78. The van der Waals surface area contributed by atoms with Crippen LogP contribution < -0.4 is 10.9 Å². The van der Waals surface area contributed by atoms with Gasteiger partial charge in [0.2, 0.25) is 11.8 Å². The van der Waals surface area contributed by atoms with Gasteiger partial charge in [0.1, 0.15) is 11.9 Å². The molecule has 1 fully saturated rings. The van der Waals surface area contributed by atoms with Gasteiger partial charge in [0.05, 0.1) is 10.9 Å². The summed E-state index contributed by atoms with van der Waals surface area (Å²) < 4.78 is 1.45. The summed E-state index contributed by atoms with van der Waals surface area (Å²) >= 11 is 0. The van der Waals surface area contributed by atoms with Crippen LogP contribution in [0, 0.1) is 12.8 Å². The zero-order chi connectivity index (χ0) is 18.1. The summed E-state index contributed by atoms with van der Waals surface area (Å²) in [6.45, 7) is 6.02. The number of fused-ring (bicyclic) bond motifs is 1. The molecule has 2 amide bonds. The van der Waals surface area contributed by atoms with Crippen molar-refractivity contribution in [3.63, 3.8) is 0 Å². The zero-order valence-corrected chi connectivity index (χ0v) is 14.8. The Morgan fingerprint density at radius 3 is 2.72 bits per heavy atom. The Balaban J connectivity index is 2.14. The molecule has 1 saturated heterocycles. The largest absolute Gasteiger partial charge is 0.295 e. The van der Waals surface area contributed by atoms with Crippen molar-refractivity contribution in [2.45, 2.75) is 52.5 Å². The molecule has 1 N–H and O–H groups in total. The second-order valence-electron chi connectivity index (χ2n) is 7.04. The lowest BCUT2D eigenvalue weighted by molar-refractivity contribution is -0.135. The van der Waals surface area contributed by atoms with Gasteiger partial charge in [-0.25, -0.2) is 4.98 Å². The quantitative estimate of drug-likeness (QED) is 0.865. The minimum atomic E-state index is -0.680. The van der Waals surface area contributed by atoms with Crippen molar-refractivity contribution in [1.29, 1.82) is 0 Å². The van der Waals surface area contributed by atoms with Gasteiger partial charge in [-0.05, 0) is 43.7 Å². The van der Waals surface area contributed by atoms with Crippen LogP contribution in [0.1, 0.15) is 50.5 Å². The average molecular weight is 341 g/mol. The first kappa shape index (κ1) is 17.3. The molecule has 1 atom stereocenters. The zero-order valence-electron chi connectivity index (χ0n) is 14.8. The number of carbonyl (C=O) groups is 2. The molecule has 0 radical (unpaired) electrons. The molecule has 0 aliphatic carbocycles. The third-order valence-electron chi connectivity index (χ3n) is 4.71. The maximum Gasteiger partial charge on any atom is 0.262 e. The van der Waals surface area contributed by atoms with E-state index in [0.29, 0.717) is 29.1 Å². The van der Waals surface area contributed by atoms with Crippen LogP contribution in [0.25, 0.3) is 10.9 Å². The van der Waals surface area contributed by atoms with Gasteiger partial charge in [-0.2, -0.15) is 0 Å². The van der Waals surface area contributed by atoms with Gasteiger partial charge in [0, 0.05) is 6.42 Å². The van der Waals surface area contributed by atoms with Crippen molar-refractivity contribution in [2.24, 2.45) is 5.92 Å². The van der Waals surface area contributed by atoms with Crippen molar-refractivity contribution >= 4 is 22.7 Å². The van der Waals surface area contributed by atoms with Crippen LogP contribution in [0.4, 0.5) is 0 Å². The normalized spacial score (nSPS) is 18.0. The Labute approximate surface area is 146 Å². The van der Waals surface area contributed by atoms with Crippen molar-refractivity contribution in [3.8, 4) is 0 Å². The van der Waals surface area contributed by atoms with E-state index < -0.39 is 11.9 Å². The average Bonchev–Trinajstić information content (AvgIpc) is 2.54. The molecular formula is C19H23N3O3. The number of carbonyl (C=O) groups excluding carboxylic acids is 2. The molecule has 2 heterocycles. The number of nitrogens with zero attached hydrogens (tertiary/aromatic N) is 2. The fraction of sp³-hybridized carbons (Fsp3) is 0.474. The van der Waals surface area contributed by atoms with Crippen molar-refractivity contribution in [2.75, 3.05) is 0 Å².